The molecular formula is C25H24N2O5. The number of carbonyl (C=O) groups excluding carboxylic acids is 3. The molecule has 0 fully saturated rings. The number of hydrogen-bond acceptors (Lipinski definition) is 6. The lowest BCUT2D eigenvalue weighted by Crippen LogP contribution is -2.34. The maximum atomic E-state index is 13.0. The van der Waals surface area contributed by atoms with Crippen molar-refractivity contribution in [3.63, 3.8) is 0 Å². The van der Waals surface area contributed by atoms with Crippen LogP contribution in [0.25, 0.3) is 10.9 Å². The first-order chi connectivity index (χ1) is 15.5. The van der Waals surface area contributed by atoms with Crippen LogP contribution >= 0.6 is 0 Å². The van der Waals surface area contributed by atoms with E-state index in [1.54, 1.807) is 24.3 Å². The predicted octanol–water partition coefficient (Wildman–Crippen LogP) is 3.48. The lowest BCUT2D eigenvalue weighted by molar-refractivity contribution is -0.123. The number of aryl methyl sites for hydroxylation is 1. The molecule has 0 saturated heterocycles. The normalized spacial score (nSPS) is 15.0. The zero-order valence-electron chi connectivity index (χ0n) is 18.0. The van der Waals surface area contributed by atoms with Crippen LogP contribution in [-0.2, 0) is 22.4 Å². The number of carbonyl (C=O) groups is 3. The number of nitrogens with one attached hydrogen (secondary N) is 1. The SMILES string of the molecule is COc1ccc(C(=O)NC(=O)COC(=O)c2c3c(nc4ccccc24)CCC(C)C3)cc1. The second-order valence-electron chi connectivity index (χ2n) is 7.96. The summed E-state index contributed by atoms with van der Waals surface area (Å²) in [6, 6.07) is 13.8. The summed E-state index contributed by atoms with van der Waals surface area (Å²) in [5.41, 5.74) is 3.29. The molecule has 164 valence electrons. The average molecular weight is 432 g/mol. The van der Waals surface area contributed by atoms with E-state index < -0.39 is 24.4 Å². The molecule has 1 aromatic heterocycles. The van der Waals surface area contributed by atoms with Crippen LogP contribution in [0.3, 0.4) is 0 Å². The summed E-state index contributed by atoms with van der Waals surface area (Å²) < 4.78 is 10.4. The third-order valence-corrected chi connectivity index (χ3v) is 5.65. The minimum absolute atomic E-state index is 0.300. The first-order valence-electron chi connectivity index (χ1n) is 10.5. The molecule has 3 aromatic rings. The van der Waals surface area contributed by atoms with E-state index in [-0.39, 0.29) is 0 Å². The molecule has 7 nitrogen and oxygen atoms in total. The molecule has 2 aromatic carbocycles. The van der Waals surface area contributed by atoms with Gasteiger partial charge in [0.15, 0.2) is 6.61 Å². The average Bonchev–Trinajstić information content (AvgIpc) is 2.81. The van der Waals surface area contributed by atoms with Gasteiger partial charge >= 0.3 is 5.97 Å². The first kappa shape index (κ1) is 21.5. The fourth-order valence-corrected chi connectivity index (χ4v) is 3.98. The number of rotatable bonds is 5. The van der Waals surface area contributed by atoms with E-state index in [1.165, 1.54) is 7.11 Å². The molecule has 1 heterocycles. The number of amides is 2. The summed E-state index contributed by atoms with van der Waals surface area (Å²) in [5, 5.41) is 2.95. The highest BCUT2D eigenvalue weighted by atomic mass is 16.5. The van der Waals surface area contributed by atoms with Crippen molar-refractivity contribution in [1.82, 2.24) is 10.3 Å². The largest absolute Gasteiger partial charge is 0.497 e. The van der Waals surface area contributed by atoms with Crippen LogP contribution in [-0.4, -0.2) is 36.5 Å². The highest BCUT2D eigenvalue weighted by Gasteiger charge is 2.26. The Morgan fingerprint density at radius 3 is 2.59 bits per heavy atom. The van der Waals surface area contributed by atoms with Crippen molar-refractivity contribution in [3.05, 3.63) is 70.9 Å². The summed E-state index contributed by atoms with van der Waals surface area (Å²) in [7, 11) is 1.52. The number of methoxy groups -OCH3 is 1. The molecule has 0 radical (unpaired) electrons. The highest BCUT2D eigenvalue weighted by molar-refractivity contribution is 6.07. The molecule has 1 N–H and O–H groups in total. The smallest absolute Gasteiger partial charge is 0.339 e. The van der Waals surface area contributed by atoms with Gasteiger partial charge in [0.2, 0.25) is 0 Å². The zero-order chi connectivity index (χ0) is 22.7. The van der Waals surface area contributed by atoms with E-state index in [9.17, 15) is 14.4 Å². The van der Waals surface area contributed by atoms with Gasteiger partial charge in [0.25, 0.3) is 11.8 Å². The molecule has 2 amide bonds. The third kappa shape index (κ3) is 4.46. The van der Waals surface area contributed by atoms with Crippen molar-refractivity contribution in [2.45, 2.75) is 26.2 Å². The van der Waals surface area contributed by atoms with E-state index >= 15 is 0 Å². The molecule has 1 unspecified atom stereocenters. The molecule has 1 atom stereocenters. The third-order valence-electron chi connectivity index (χ3n) is 5.65. The Bertz CT molecular complexity index is 1190. The maximum Gasteiger partial charge on any atom is 0.339 e. The Balaban J connectivity index is 1.48. The summed E-state index contributed by atoms with van der Waals surface area (Å²) in [4.78, 5) is 42.3. The first-order valence-corrected chi connectivity index (χ1v) is 10.5. The van der Waals surface area contributed by atoms with E-state index in [2.05, 4.69) is 12.2 Å². The van der Waals surface area contributed by atoms with Crippen molar-refractivity contribution in [3.8, 4) is 5.75 Å². The zero-order valence-corrected chi connectivity index (χ0v) is 18.0. The number of hydrogen-bond donors (Lipinski definition) is 1. The van der Waals surface area contributed by atoms with E-state index in [1.807, 2.05) is 24.3 Å². The fraction of sp³-hybridized carbons (Fsp3) is 0.280. The van der Waals surface area contributed by atoms with Gasteiger partial charge in [0.1, 0.15) is 5.75 Å². The Morgan fingerprint density at radius 1 is 1.09 bits per heavy atom. The molecule has 4 rings (SSSR count). The predicted molar refractivity (Wildman–Crippen MR) is 119 cm³/mol. The Kier molecular flexibility index (Phi) is 6.16. The Labute approximate surface area is 185 Å². The molecule has 0 saturated carbocycles. The van der Waals surface area contributed by atoms with Gasteiger partial charge in [-0.3, -0.25) is 19.9 Å². The van der Waals surface area contributed by atoms with Gasteiger partial charge in [0, 0.05) is 16.6 Å². The molecule has 1 aliphatic rings. The quantitative estimate of drug-likeness (QED) is 0.621. The van der Waals surface area contributed by atoms with Crippen molar-refractivity contribution < 1.29 is 23.9 Å². The number of fused-ring (bicyclic) bond motifs is 2. The van der Waals surface area contributed by atoms with Crippen molar-refractivity contribution in [1.29, 1.82) is 0 Å². The van der Waals surface area contributed by atoms with E-state index in [0.717, 1.165) is 36.0 Å². The summed E-state index contributed by atoms with van der Waals surface area (Å²) in [5.74, 6) is -0.818. The van der Waals surface area contributed by atoms with Crippen LogP contribution in [0.2, 0.25) is 0 Å². The van der Waals surface area contributed by atoms with Crippen LogP contribution in [0.5, 0.6) is 5.75 Å². The van der Waals surface area contributed by atoms with Crippen LogP contribution < -0.4 is 10.1 Å². The minimum atomic E-state index is -0.695. The number of aromatic nitrogens is 1. The van der Waals surface area contributed by atoms with E-state index in [0.29, 0.717) is 28.2 Å². The summed E-state index contributed by atoms with van der Waals surface area (Å²) in [6.45, 7) is 1.59. The number of esters is 1. The summed E-state index contributed by atoms with van der Waals surface area (Å²) in [6.07, 6.45) is 2.56. The molecular weight excluding hydrogens is 408 g/mol. The minimum Gasteiger partial charge on any atom is -0.497 e. The topological polar surface area (TPSA) is 94.6 Å². The van der Waals surface area contributed by atoms with Gasteiger partial charge < -0.3 is 9.47 Å². The molecule has 0 bridgehead atoms. The number of imide groups is 1. The highest BCUT2D eigenvalue weighted by Crippen LogP contribution is 2.32. The number of pyridine rings is 1. The standard InChI is InChI=1S/C25H24N2O5/c1-15-7-12-21-19(13-15)23(18-5-3-4-6-20(18)26-21)25(30)32-14-22(28)27-24(29)16-8-10-17(31-2)11-9-16/h3-6,8-11,15H,7,12-14H2,1-2H3,(H,27,28,29). The van der Waals surface area contributed by atoms with Gasteiger partial charge in [-0.2, -0.15) is 0 Å². The van der Waals surface area contributed by atoms with Crippen molar-refractivity contribution >= 4 is 28.7 Å². The van der Waals surface area contributed by atoms with Crippen molar-refractivity contribution in [2.75, 3.05) is 13.7 Å². The van der Waals surface area contributed by atoms with Gasteiger partial charge in [-0.1, -0.05) is 25.1 Å². The monoisotopic (exact) mass is 432 g/mol. The lowest BCUT2D eigenvalue weighted by Gasteiger charge is -2.24. The maximum absolute atomic E-state index is 13.0. The van der Waals surface area contributed by atoms with Crippen LogP contribution in [0, 0.1) is 5.92 Å². The lowest BCUT2D eigenvalue weighted by atomic mass is 9.84. The molecule has 0 spiro atoms. The molecule has 1 aliphatic carbocycles. The van der Waals surface area contributed by atoms with Crippen LogP contribution in [0.4, 0.5) is 0 Å². The Morgan fingerprint density at radius 2 is 1.84 bits per heavy atom. The van der Waals surface area contributed by atoms with Crippen LogP contribution in [0.15, 0.2) is 48.5 Å². The number of nitrogens with zero attached hydrogens (tertiary/aromatic N) is 1. The number of ether oxygens (including phenoxy) is 2. The second kappa shape index (κ2) is 9.18. The van der Waals surface area contributed by atoms with E-state index in [4.69, 9.17) is 14.5 Å². The van der Waals surface area contributed by atoms with Gasteiger partial charge in [-0.25, -0.2) is 4.79 Å². The molecule has 0 aliphatic heterocycles. The van der Waals surface area contributed by atoms with Crippen molar-refractivity contribution in [2.24, 2.45) is 5.92 Å². The van der Waals surface area contributed by atoms with Gasteiger partial charge in [0.05, 0.1) is 18.2 Å². The number of para-hydroxylation sites is 1. The summed E-state index contributed by atoms with van der Waals surface area (Å²) >= 11 is 0. The van der Waals surface area contributed by atoms with Gasteiger partial charge in [-0.05, 0) is 61.1 Å². The molecule has 32 heavy (non-hydrogen) atoms. The Hall–Kier alpha value is -3.74. The second-order valence-corrected chi connectivity index (χ2v) is 7.96. The number of benzene rings is 2. The molecule has 7 heteroatoms. The van der Waals surface area contributed by atoms with Crippen LogP contribution in [0.1, 0.15) is 45.3 Å². The fourth-order valence-electron chi connectivity index (χ4n) is 3.98. The van der Waals surface area contributed by atoms with Gasteiger partial charge in [-0.15, -0.1) is 0 Å².